The lowest BCUT2D eigenvalue weighted by Crippen LogP contribution is -2.35. The van der Waals surface area contributed by atoms with Gasteiger partial charge in [0, 0.05) is 18.5 Å². The Morgan fingerprint density at radius 2 is 2.32 bits per heavy atom. The highest BCUT2D eigenvalue weighted by atomic mass is 16.6. The summed E-state index contributed by atoms with van der Waals surface area (Å²) in [6, 6.07) is 7.57. The summed E-state index contributed by atoms with van der Waals surface area (Å²) in [6.07, 6.45) is 0.834. The third kappa shape index (κ3) is 3.05. The maximum atomic E-state index is 11.8. The van der Waals surface area contributed by atoms with Crippen molar-refractivity contribution in [3.63, 3.8) is 0 Å². The van der Waals surface area contributed by atoms with E-state index in [0.717, 1.165) is 23.4 Å². The molecule has 1 aromatic rings. The zero-order valence-electron chi connectivity index (χ0n) is 11.2. The van der Waals surface area contributed by atoms with Gasteiger partial charge in [-0.25, -0.2) is 0 Å². The van der Waals surface area contributed by atoms with Crippen LogP contribution in [0.5, 0.6) is 5.75 Å². The molecule has 1 heterocycles. The normalized spacial score (nSPS) is 17.6. The van der Waals surface area contributed by atoms with Crippen LogP contribution in [0.15, 0.2) is 29.4 Å². The molecule has 0 saturated heterocycles. The fraction of sp³-hybridized carbons (Fsp3) is 0.429. The van der Waals surface area contributed by atoms with E-state index >= 15 is 0 Å². The first-order valence-corrected chi connectivity index (χ1v) is 6.40. The van der Waals surface area contributed by atoms with E-state index in [2.05, 4.69) is 10.5 Å². The van der Waals surface area contributed by atoms with Crippen LogP contribution in [0.1, 0.15) is 25.3 Å². The number of methoxy groups -OCH3 is 1. The number of nitrogens with one attached hydrogen (secondary N) is 1. The molecule has 0 saturated carbocycles. The summed E-state index contributed by atoms with van der Waals surface area (Å²) in [7, 11) is 1.61. The summed E-state index contributed by atoms with van der Waals surface area (Å²) in [5, 5.41) is 6.81. The van der Waals surface area contributed by atoms with E-state index in [1.165, 1.54) is 0 Å². The van der Waals surface area contributed by atoms with Crippen LogP contribution in [0.2, 0.25) is 0 Å². The fourth-order valence-electron chi connectivity index (χ4n) is 1.92. The Hall–Kier alpha value is -2.04. The Balaban J connectivity index is 2.03. The average molecular weight is 262 g/mol. The SMILES string of the molecule is CCCNC(=O)[C@H]1CC(c2ccccc2OC)=NO1. The number of amides is 1. The van der Waals surface area contributed by atoms with Gasteiger partial charge in [0.1, 0.15) is 5.75 Å². The molecular weight excluding hydrogens is 244 g/mol. The predicted octanol–water partition coefficient (Wildman–Crippen LogP) is 1.71. The van der Waals surface area contributed by atoms with Crippen LogP contribution in [0, 0.1) is 0 Å². The van der Waals surface area contributed by atoms with E-state index in [1.54, 1.807) is 7.11 Å². The first-order chi connectivity index (χ1) is 9.26. The van der Waals surface area contributed by atoms with Crippen LogP contribution in [-0.2, 0) is 9.63 Å². The number of nitrogens with zero attached hydrogens (tertiary/aromatic N) is 1. The number of hydrogen-bond donors (Lipinski definition) is 1. The molecule has 1 N–H and O–H groups in total. The van der Waals surface area contributed by atoms with Gasteiger partial charge in [-0.2, -0.15) is 0 Å². The molecule has 0 radical (unpaired) electrons. The zero-order chi connectivity index (χ0) is 13.7. The van der Waals surface area contributed by atoms with Crippen molar-refractivity contribution in [1.82, 2.24) is 5.32 Å². The minimum atomic E-state index is -0.536. The molecule has 1 aromatic carbocycles. The summed E-state index contributed by atoms with van der Waals surface area (Å²) < 4.78 is 5.28. The second kappa shape index (κ2) is 6.22. The molecule has 0 bridgehead atoms. The molecule has 19 heavy (non-hydrogen) atoms. The summed E-state index contributed by atoms with van der Waals surface area (Å²) in [6.45, 7) is 2.66. The quantitative estimate of drug-likeness (QED) is 0.878. The minimum absolute atomic E-state index is 0.115. The Labute approximate surface area is 112 Å². The summed E-state index contributed by atoms with van der Waals surface area (Å²) in [5.41, 5.74) is 1.62. The third-order valence-corrected chi connectivity index (χ3v) is 2.93. The van der Waals surface area contributed by atoms with Crippen LogP contribution in [0.3, 0.4) is 0 Å². The highest BCUT2D eigenvalue weighted by molar-refractivity contribution is 6.05. The number of oxime groups is 1. The molecule has 102 valence electrons. The van der Waals surface area contributed by atoms with Gasteiger partial charge < -0.3 is 14.9 Å². The van der Waals surface area contributed by atoms with Gasteiger partial charge in [-0.15, -0.1) is 0 Å². The average Bonchev–Trinajstić information content (AvgIpc) is 2.94. The van der Waals surface area contributed by atoms with Crippen LogP contribution in [0.25, 0.3) is 0 Å². The van der Waals surface area contributed by atoms with E-state index in [4.69, 9.17) is 9.57 Å². The van der Waals surface area contributed by atoms with Crippen LogP contribution in [-0.4, -0.2) is 31.4 Å². The number of carbonyl (C=O) groups excluding carboxylic acids is 1. The van der Waals surface area contributed by atoms with Crippen molar-refractivity contribution >= 4 is 11.6 Å². The predicted molar refractivity (Wildman–Crippen MR) is 72.3 cm³/mol. The van der Waals surface area contributed by atoms with Crippen LogP contribution < -0.4 is 10.1 Å². The molecule has 1 aliphatic rings. The van der Waals surface area contributed by atoms with Crippen molar-refractivity contribution in [2.45, 2.75) is 25.9 Å². The monoisotopic (exact) mass is 262 g/mol. The second-order valence-corrected chi connectivity index (χ2v) is 4.33. The van der Waals surface area contributed by atoms with Crippen molar-refractivity contribution in [2.75, 3.05) is 13.7 Å². The van der Waals surface area contributed by atoms with Gasteiger partial charge in [-0.3, -0.25) is 4.79 Å². The van der Waals surface area contributed by atoms with Crippen molar-refractivity contribution < 1.29 is 14.4 Å². The Kier molecular flexibility index (Phi) is 4.39. The second-order valence-electron chi connectivity index (χ2n) is 4.33. The molecule has 5 nitrogen and oxygen atoms in total. The van der Waals surface area contributed by atoms with Crippen LogP contribution in [0.4, 0.5) is 0 Å². The van der Waals surface area contributed by atoms with Gasteiger partial charge in [-0.05, 0) is 18.6 Å². The van der Waals surface area contributed by atoms with Crippen LogP contribution >= 0.6 is 0 Å². The summed E-state index contributed by atoms with van der Waals surface area (Å²) in [4.78, 5) is 17.0. The van der Waals surface area contributed by atoms with E-state index < -0.39 is 6.10 Å². The molecule has 1 aliphatic heterocycles. The Morgan fingerprint density at radius 3 is 3.05 bits per heavy atom. The van der Waals surface area contributed by atoms with Crippen molar-refractivity contribution in [2.24, 2.45) is 5.16 Å². The van der Waals surface area contributed by atoms with E-state index in [1.807, 2.05) is 31.2 Å². The molecule has 1 amide bonds. The van der Waals surface area contributed by atoms with E-state index in [9.17, 15) is 4.79 Å². The Bertz CT molecular complexity index is 485. The highest BCUT2D eigenvalue weighted by Gasteiger charge is 2.29. The number of hydrogen-bond acceptors (Lipinski definition) is 4. The number of carbonyl (C=O) groups is 1. The zero-order valence-corrected chi connectivity index (χ0v) is 11.2. The molecule has 5 heteroatoms. The molecule has 1 atom stereocenters. The summed E-state index contributed by atoms with van der Waals surface area (Å²) in [5.74, 6) is 0.620. The maximum Gasteiger partial charge on any atom is 0.264 e. The number of para-hydroxylation sites is 1. The smallest absolute Gasteiger partial charge is 0.264 e. The standard InChI is InChI=1S/C14H18N2O3/c1-3-8-15-14(17)13-9-11(16-19-13)10-6-4-5-7-12(10)18-2/h4-7,13H,3,8-9H2,1-2H3,(H,15,17)/t13-/m1/s1. The lowest BCUT2D eigenvalue weighted by molar-refractivity contribution is -0.131. The first kappa shape index (κ1) is 13.4. The molecule has 0 spiro atoms. The Morgan fingerprint density at radius 1 is 1.53 bits per heavy atom. The van der Waals surface area contributed by atoms with Gasteiger partial charge in [0.25, 0.3) is 5.91 Å². The fourth-order valence-corrected chi connectivity index (χ4v) is 1.92. The summed E-state index contributed by atoms with van der Waals surface area (Å²) >= 11 is 0. The molecule has 2 rings (SSSR count). The topological polar surface area (TPSA) is 59.9 Å². The molecular formula is C14H18N2O3. The lowest BCUT2D eigenvalue weighted by Gasteiger charge is -2.09. The molecule has 0 fully saturated rings. The van der Waals surface area contributed by atoms with E-state index in [-0.39, 0.29) is 5.91 Å². The van der Waals surface area contributed by atoms with Gasteiger partial charge >= 0.3 is 0 Å². The third-order valence-electron chi connectivity index (χ3n) is 2.93. The van der Waals surface area contributed by atoms with Gasteiger partial charge in [0.15, 0.2) is 0 Å². The first-order valence-electron chi connectivity index (χ1n) is 6.40. The molecule has 0 aromatic heterocycles. The van der Waals surface area contributed by atoms with Crippen molar-refractivity contribution in [1.29, 1.82) is 0 Å². The van der Waals surface area contributed by atoms with Gasteiger partial charge in [0.2, 0.25) is 6.10 Å². The highest BCUT2D eigenvalue weighted by Crippen LogP contribution is 2.24. The number of ether oxygens (including phenoxy) is 1. The van der Waals surface area contributed by atoms with Gasteiger partial charge in [-0.1, -0.05) is 24.2 Å². The van der Waals surface area contributed by atoms with Gasteiger partial charge in [0.05, 0.1) is 12.8 Å². The number of benzene rings is 1. The molecule has 0 unspecified atom stereocenters. The molecule has 0 aliphatic carbocycles. The minimum Gasteiger partial charge on any atom is -0.496 e. The lowest BCUT2D eigenvalue weighted by atomic mass is 10.0. The largest absolute Gasteiger partial charge is 0.496 e. The van der Waals surface area contributed by atoms with E-state index in [0.29, 0.717) is 13.0 Å². The van der Waals surface area contributed by atoms with Crippen molar-refractivity contribution in [3.05, 3.63) is 29.8 Å². The number of rotatable bonds is 5. The maximum absolute atomic E-state index is 11.8. The van der Waals surface area contributed by atoms with Crippen molar-refractivity contribution in [3.8, 4) is 5.75 Å².